The molecule has 0 saturated carbocycles. The third kappa shape index (κ3) is 5.11. The van der Waals surface area contributed by atoms with Crippen LogP contribution in [0.5, 0.6) is 11.5 Å². The van der Waals surface area contributed by atoms with E-state index < -0.39 is 22.0 Å². The van der Waals surface area contributed by atoms with Gasteiger partial charge in [0, 0.05) is 25.3 Å². The molecule has 1 atom stereocenters. The third-order valence-electron chi connectivity index (χ3n) is 5.03. The van der Waals surface area contributed by atoms with Crippen LogP contribution < -0.4 is 10.2 Å². The molecule has 162 valence electrons. The number of halogens is 1. The number of nitrogens with one attached hydrogen (secondary N) is 1. The summed E-state index contributed by atoms with van der Waals surface area (Å²) < 4.78 is 38.2. The number of carbonyl (C=O) groups is 1. The smallest absolute Gasteiger partial charge is 0.262 e. The lowest BCUT2D eigenvalue weighted by atomic mass is 9.91. The molecule has 2 N–H and O–H groups in total. The van der Waals surface area contributed by atoms with E-state index in [1.54, 1.807) is 29.7 Å². The van der Waals surface area contributed by atoms with Crippen molar-refractivity contribution in [3.63, 3.8) is 0 Å². The van der Waals surface area contributed by atoms with E-state index in [1.807, 2.05) is 0 Å². The highest BCUT2D eigenvalue weighted by Gasteiger charge is 2.39. The number of rotatable bonds is 7. The summed E-state index contributed by atoms with van der Waals surface area (Å²) in [5.74, 6) is -0.0202. The first-order valence-corrected chi connectivity index (χ1v) is 11.2. The zero-order valence-electron chi connectivity index (χ0n) is 16.3. The fraction of sp³-hybridized carbons (Fsp3) is 0.350. The Labute approximate surface area is 180 Å². The molecular formula is C20H23ClN2O6S. The predicted molar refractivity (Wildman–Crippen MR) is 110 cm³/mol. The molecule has 2 aromatic carbocycles. The van der Waals surface area contributed by atoms with Gasteiger partial charge in [-0.05, 0) is 67.3 Å². The van der Waals surface area contributed by atoms with Crippen molar-refractivity contribution in [3.05, 3.63) is 53.6 Å². The van der Waals surface area contributed by atoms with Gasteiger partial charge in [-0.15, -0.1) is 0 Å². The normalized spacial score (nSPS) is 16.3. The number of hydrogen-bond donors (Lipinski definition) is 2. The fourth-order valence-corrected chi connectivity index (χ4v) is 4.91. The number of nitrogens with zero attached hydrogens (tertiary/aromatic N) is 1. The molecule has 1 aliphatic heterocycles. The van der Waals surface area contributed by atoms with Crippen LogP contribution in [0.15, 0.2) is 53.4 Å². The van der Waals surface area contributed by atoms with Crippen LogP contribution in [0.25, 0.3) is 0 Å². The maximum Gasteiger partial charge on any atom is 0.262 e. The first-order chi connectivity index (χ1) is 14.3. The van der Waals surface area contributed by atoms with E-state index in [2.05, 4.69) is 0 Å². The van der Waals surface area contributed by atoms with Gasteiger partial charge in [0.2, 0.25) is 10.0 Å². The summed E-state index contributed by atoms with van der Waals surface area (Å²) in [5, 5.41) is 9.72. The number of carbonyl (C=O) groups excluding carboxylic acids is 1. The van der Waals surface area contributed by atoms with Crippen molar-refractivity contribution >= 4 is 27.5 Å². The number of hydroxylamine groups is 1. The molecule has 1 fully saturated rings. The van der Waals surface area contributed by atoms with Crippen LogP contribution in [0.2, 0.25) is 5.02 Å². The Morgan fingerprint density at radius 2 is 1.67 bits per heavy atom. The maximum absolute atomic E-state index is 13.1. The molecule has 1 heterocycles. The third-order valence-corrected chi connectivity index (χ3v) is 7.14. The first kappa shape index (κ1) is 22.5. The first-order valence-electron chi connectivity index (χ1n) is 9.36. The van der Waals surface area contributed by atoms with Gasteiger partial charge < -0.3 is 9.47 Å². The number of ether oxygens (including phenoxy) is 2. The Bertz CT molecular complexity index is 960. The average Bonchev–Trinajstić information content (AvgIpc) is 2.76. The molecular weight excluding hydrogens is 432 g/mol. The van der Waals surface area contributed by atoms with E-state index in [0.29, 0.717) is 42.6 Å². The molecule has 0 spiro atoms. The van der Waals surface area contributed by atoms with Gasteiger partial charge in [-0.3, -0.25) is 10.0 Å². The van der Waals surface area contributed by atoms with Crippen LogP contribution in [0.3, 0.4) is 0 Å². The lowest BCUT2D eigenvalue weighted by Gasteiger charge is -2.34. The summed E-state index contributed by atoms with van der Waals surface area (Å²) in [5.41, 5.74) is 1.59. The summed E-state index contributed by atoms with van der Waals surface area (Å²) >= 11 is 5.85. The predicted octanol–water partition coefficient (Wildman–Crippen LogP) is 3.05. The van der Waals surface area contributed by atoms with Crippen LogP contribution in [0, 0.1) is 5.92 Å². The Kier molecular flexibility index (Phi) is 7.32. The van der Waals surface area contributed by atoms with E-state index >= 15 is 0 Å². The van der Waals surface area contributed by atoms with E-state index in [9.17, 15) is 13.2 Å². The van der Waals surface area contributed by atoms with Gasteiger partial charge in [0.15, 0.2) is 0 Å². The number of hydrogen-bond acceptors (Lipinski definition) is 6. The molecule has 0 aliphatic carbocycles. The van der Waals surface area contributed by atoms with E-state index in [0.717, 1.165) is 4.31 Å². The molecule has 1 unspecified atom stereocenters. The van der Waals surface area contributed by atoms with Crippen molar-refractivity contribution in [2.75, 3.05) is 20.3 Å². The molecule has 1 amide bonds. The van der Waals surface area contributed by atoms with Gasteiger partial charge in [-0.1, -0.05) is 11.6 Å². The lowest BCUT2D eigenvalue weighted by Crippen LogP contribution is -2.52. The summed E-state index contributed by atoms with van der Waals surface area (Å²) in [6.45, 7) is 0.870. The van der Waals surface area contributed by atoms with Gasteiger partial charge in [0.05, 0.1) is 4.90 Å². The van der Waals surface area contributed by atoms with Gasteiger partial charge in [0.1, 0.15) is 17.5 Å². The van der Waals surface area contributed by atoms with Gasteiger partial charge >= 0.3 is 0 Å². The van der Waals surface area contributed by atoms with Crippen LogP contribution in [-0.2, 0) is 19.6 Å². The summed E-state index contributed by atoms with van der Waals surface area (Å²) in [6.07, 6.45) is 1.04. The summed E-state index contributed by atoms with van der Waals surface area (Å²) in [7, 11) is -2.65. The van der Waals surface area contributed by atoms with E-state index in [4.69, 9.17) is 26.3 Å². The molecule has 1 saturated heterocycles. The molecule has 2 aromatic rings. The number of amides is 1. The van der Waals surface area contributed by atoms with Gasteiger partial charge in [0.25, 0.3) is 5.91 Å². The highest BCUT2D eigenvalue weighted by atomic mass is 35.5. The summed E-state index contributed by atoms with van der Waals surface area (Å²) in [4.78, 5) is 12.3. The Balaban J connectivity index is 1.80. The largest absolute Gasteiger partial charge is 0.457 e. The average molecular weight is 455 g/mol. The molecule has 0 bridgehead atoms. The quantitative estimate of drug-likeness (QED) is 0.492. The molecule has 0 aromatic heterocycles. The van der Waals surface area contributed by atoms with Gasteiger partial charge in [-0.25, -0.2) is 13.9 Å². The highest BCUT2D eigenvalue weighted by Crippen LogP contribution is 2.29. The second-order valence-corrected chi connectivity index (χ2v) is 9.35. The number of benzene rings is 2. The van der Waals surface area contributed by atoms with Crippen molar-refractivity contribution in [2.24, 2.45) is 5.92 Å². The Morgan fingerprint density at radius 1 is 1.13 bits per heavy atom. The van der Waals surface area contributed by atoms with Crippen LogP contribution >= 0.6 is 11.6 Å². The zero-order chi connectivity index (χ0) is 21.7. The molecule has 3 rings (SSSR count). The van der Waals surface area contributed by atoms with Crippen LogP contribution in [0.4, 0.5) is 0 Å². The van der Waals surface area contributed by atoms with Crippen molar-refractivity contribution < 1.29 is 27.9 Å². The monoisotopic (exact) mass is 454 g/mol. The standard InChI is InChI=1S/C20H23ClN2O6S/c1-23(19(20(24)22-25)14-10-12-28-13-11-14)30(26,27)18-8-6-17(7-9-18)29-16-4-2-15(21)3-5-16/h2-9,14,19,25H,10-13H2,1H3,(H,22,24). The zero-order valence-corrected chi connectivity index (χ0v) is 17.9. The lowest BCUT2D eigenvalue weighted by molar-refractivity contribution is -0.135. The fourth-order valence-electron chi connectivity index (χ4n) is 3.41. The number of likely N-dealkylation sites (N-methyl/N-ethyl adjacent to an activating group) is 1. The van der Waals surface area contributed by atoms with Crippen LogP contribution in [-0.4, -0.2) is 50.1 Å². The minimum atomic E-state index is -3.99. The molecule has 1 aliphatic rings. The molecule has 10 heteroatoms. The topological polar surface area (TPSA) is 105 Å². The van der Waals surface area contributed by atoms with Crippen molar-refractivity contribution in [3.8, 4) is 11.5 Å². The minimum absolute atomic E-state index is 0.0104. The molecule has 0 radical (unpaired) electrons. The highest BCUT2D eigenvalue weighted by molar-refractivity contribution is 7.89. The van der Waals surface area contributed by atoms with Crippen molar-refractivity contribution in [1.29, 1.82) is 0 Å². The van der Waals surface area contributed by atoms with Gasteiger partial charge in [-0.2, -0.15) is 4.31 Å². The van der Waals surface area contributed by atoms with Crippen LogP contribution in [0.1, 0.15) is 12.8 Å². The Hall–Kier alpha value is -2.17. The SMILES string of the molecule is CN(C(C(=O)NO)C1CCOCC1)S(=O)(=O)c1ccc(Oc2ccc(Cl)cc2)cc1. The minimum Gasteiger partial charge on any atom is -0.457 e. The van der Waals surface area contributed by atoms with Crippen molar-refractivity contribution in [1.82, 2.24) is 9.79 Å². The van der Waals surface area contributed by atoms with Crippen molar-refractivity contribution in [2.45, 2.75) is 23.8 Å². The molecule has 30 heavy (non-hydrogen) atoms. The maximum atomic E-state index is 13.1. The summed E-state index contributed by atoms with van der Waals surface area (Å²) in [6, 6.07) is 11.6. The van der Waals surface area contributed by atoms with E-state index in [1.165, 1.54) is 31.3 Å². The van der Waals surface area contributed by atoms with E-state index in [-0.39, 0.29) is 10.8 Å². The number of sulfonamides is 1. The second-order valence-electron chi connectivity index (χ2n) is 6.92. The second kappa shape index (κ2) is 9.76. The Morgan fingerprint density at radius 3 is 2.20 bits per heavy atom. The molecule has 8 nitrogen and oxygen atoms in total.